The van der Waals surface area contributed by atoms with E-state index in [-0.39, 0.29) is 19.0 Å². The molecule has 0 bridgehead atoms. The Bertz CT molecular complexity index is 333. The number of carbonyl (C=O) groups excluding carboxylic acids is 2. The van der Waals surface area contributed by atoms with Crippen LogP contribution in [0.1, 0.15) is 33.6 Å². The Kier molecular flexibility index (Phi) is 7.55. The molecule has 0 radical (unpaired) electrons. The van der Waals surface area contributed by atoms with Gasteiger partial charge in [-0.15, -0.1) is 0 Å². The fourth-order valence-electron chi connectivity index (χ4n) is 1.18. The van der Waals surface area contributed by atoms with Gasteiger partial charge in [-0.1, -0.05) is 13.8 Å². The van der Waals surface area contributed by atoms with Gasteiger partial charge in [0.2, 0.25) is 5.91 Å². The normalized spacial score (nSPS) is 13.2. The predicted octanol–water partition coefficient (Wildman–Crippen LogP) is 0.313. The number of carboxylic acids is 1. The molecule has 0 aliphatic carbocycles. The largest absolute Gasteiger partial charge is 0.481 e. The summed E-state index contributed by atoms with van der Waals surface area (Å²) in [6, 6.07) is -0.549. The Morgan fingerprint density at radius 1 is 1.11 bits per heavy atom. The van der Waals surface area contributed by atoms with Gasteiger partial charge in [0, 0.05) is 13.1 Å². The summed E-state index contributed by atoms with van der Waals surface area (Å²) in [5, 5.41) is 16.5. The summed E-state index contributed by atoms with van der Waals surface area (Å²) in [6.07, 6.45) is 1.23. The molecule has 0 saturated carbocycles. The summed E-state index contributed by atoms with van der Waals surface area (Å²) in [4.78, 5) is 33.6. The number of amides is 3. The number of hydrogen-bond donors (Lipinski definition) is 4. The summed E-state index contributed by atoms with van der Waals surface area (Å²) in [7, 11) is 0. The first-order valence-corrected chi connectivity index (χ1v) is 6.37. The summed E-state index contributed by atoms with van der Waals surface area (Å²) in [5.41, 5.74) is -0.998. The molecule has 4 N–H and O–H groups in total. The monoisotopic (exact) mass is 273 g/mol. The van der Waals surface area contributed by atoms with Gasteiger partial charge in [0.15, 0.2) is 0 Å². The maximum Gasteiger partial charge on any atom is 0.315 e. The molecule has 110 valence electrons. The molecule has 0 aromatic carbocycles. The lowest BCUT2D eigenvalue weighted by Crippen LogP contribution is -2.47. The van der Waals surface area contributed by atoms with E-state index in [1.165, 1.54) is 0 Å². The van der Waals surface area contributed by atoms with Crippen LogP contribution in [0, 0.1) is 5.41 Å². The van der Waals surface area contributed by atoms with Gasteiger partial charge in [0.25, 0.3) is 0 Å². The molecule has 0 aromatic heterocycles. The molecule has 1 unspecified atom stereocenters. The smallest absolute Gasteiger partial charge is 0.315 e. The van der Waals surface area contributed by atoms with E-state index < -0.39 is 17.4 Å². The van der Waals surface area contributed by atoms with E-state index in [1.54, 1.807) is 13.8 Å². The molecule has 19 heavy (non-hydrogen) atoms. The molecule has 0 spiro atoms. The Hall–Kier alpha value is -1.79. The van der Waals surface area contributed by atoms with Crippen LogP contribution >= 0.6 is 0 Å². The third-order valence-corrected chi connectivity index (χ3v) is 2.92. The SMILES string of the molecule is CCCNC(=O)CNC(=O)NCC(C)(CC)C(=O)O. The number of hydrogen-bond acceptors (Lipinski definition) is 3. The first-order valence-electron chi connectivity index (χ1n) is 6.37. The minimum atomic E-state index is -0.998. The van der Waals surface area contributed by atoms with Crippen molar-refractivity contribution < 1.29 is 19.5 Å². The van der Waals surface area contributed by atoms with E-state index in [1.807, 2.05) is 6.92 Å². The van der Waals surface area contributed by atoms with Gasteiger partial charge in [-0.3, -0.25) is 9.59 Å². The van der Waals surface area contributed by atoms with Crippen LogP contribution in [-0.2, 0) is 9.59 Å². The maximum atomic E-state index is 11.4. The Morgan fingerprint density at radius 2 is 1.74 bits per heavy atom. The molecule has 0 rings (SSSR count). The highest BCUT2D eigenvalue weighted by atomic mass is 16.4. The van der Waals surface area contributed by atoms with E-state index in [0.29, 0.717) is 13.0 Å². The lowest BCUT2D eigenvalue weighted by molar-refractivity contribution is -0.147. The second-order valence-corrected chi connectivity index (χ2v) is 4.61. The second-order valence-electron chi connectivity index (χ2n) is 4.61. The molecule has 0 heterocycles. The van der Waals surface area contributed by atoms with Crippen molar-refractivity contribution in [1.29, 1.82) is 0 Å². The molecule has 0 aromatic rings. The molecule has 1 atom stereocenters. The van der Waals surface area contributed by atoms with Crippen molar-refractivity contribution >= 4 is 17.9 Å². The fraction of sp³-hybridized carbons (Fsp3) is 0.750. The van der Waals surface area contributed by atoms with E-state index in [2.05, 4.69) is 16.0 Å². The quantitative estimate of drug-likeness (QED) is 0.510. The van der Waals surface area contributed by atoms with Crippen LogP contribution < -0.4 is 16.0 Å². The predicted molar refractivity (Wildman–Crippen MR) is 70.7 cm³/mol. The topological polar surface area (TPSA) is 108 Å². The molecule has 0 aliphatic rings. The average Bonchev–Trinajstić information content (AvgIpc) is 2.39. The second kappa shape index (κ2) is 8.34. The van der Waals surface area contributed by atoms with Crippen molar-refractivity contribution in [1.82, 2.24) is 16.0 Å². The number of rotatable bonds is 8. The Morgan fingerprint density at radius 3 is 2.21 bits per heavy atom. The molecule has 0 aliphatic heterocycles. The van der Waals surface area contributed by atoms with Gasteiger partial charge in [0.05, 0.1) is 12.0 Å². The molecule has 7 nitrogen and oxygen atoms in total. The summed E-state index contributed by atoms with van der Waals surface area (Å²) in [6.45, 7) is 5.69. The zero-order chi connectivity index (χ0) is 14.9. The Balaban J connectivity index is 3.99. The molecule has 0 fully saturated rings. The Labute approximate surface area is 113 Å². The molecular weight excluding hydrogens is 250 g/mol. The standard InChI is InChI=1S/C12H23N3O4/c1-4-6-13-9(16)7-14-11(19)15-8-12(3,5-2)10(17)18/h4-8H2,1-3H3,(H,13,16)(H,17,18)(H2,14,15,19). The first kappa shape index (κ1) is 17.2. The minimum Gasteiger partial charge on any atom is -0.481 e. The van der Waals surface area contributed by atoms with Crippen molar-refractivity contribution in [3.8, 4) is 0 Å². The van der Waals surface area contributed by atoms with Crippen LogP contribution in [0.5, 0.6) is 0 Å². The van der Waals surface area contributed by atoms with Crippen LogP contribution in [0.4, 0.5) is 4.79 Å². The molecule has 0 saturated heterocycles. The zero-order valence-corrected chi connectivity index (χ0v) is 11.7. The third kappa shape index (κ3) is 6.64. The van der Waals surface area contributed by atoms with Crippen LogP contribution in [0.3, 0.4) is 0 Å². The van der Waals surface area contributed by atoms with E-state index in [9.17, 15) is 14.4 Å². The molecular formula is C12H23N3O4. The number of nitrogens with one attached hydrogen (secondary N) is 3. The van der Waals surface area contributed by atoms with E-state index in [0.717, 1.165) is 6.42 Å². The van der Waals surface area contributed by atoms with E-state index >= 15 is 0 Å². The van der Waals surface area contributed by atoms with Gasteiger partial charge >= 0.3 is 12.0 Å². The number of aliphatic carboxylic acids is 1. The highest BCUT2D eigenvalue weighted by Crippen LogP contribution is 2.19. The lowest BCUT2D eigenvalue weighted by atomic mass is 9.88. The summed E-state index contributed by atoms with van der Waals surface area (Å²) < 4.78 is 0. The van der Waals surface area contributed by atoms with Crippen molar-refractivity contribution in [3.63, 3.8) is 0 Å². The minimum absolute atomic E-state index is 0.0151. The van der Waals surface area contributed by atoms with Crippen LogP contribution in [-0.4, -0.2) is 42.6 Å². The summed E-state index contributed by atoms with van der Waals surface area (Å²) in [5.74, 6) is -1.23. The first-order chi connectivity index (χ1) is 8.85. The highest BCUT2D eigenvalue weighted by molar-refractivity contribution is 5.84. The number of carbonyl (C=O) groups is 3. The number of carboxylic acid groups (broad SMARTS) is 1. The zero-order valence-electron chi connectivity index (χ0n) is 11.7. The third-order valence-electron chi connectivity index (χ3n) is 2.92. The van der Waals surface area contributed by atoms with Gasteiger partial charge < -0.3 is 21.1 Å². The number of urea groups is 1. The van der Waals surface area contributed by atoms with Crippen LogP contribution in [0.15, 0.2) is 0 Å². The van der Waals surface area contributed by atoms with Crippen molar-refractivity contribution in [2.75, 3.05) is 19.6 Å². The van der Waals surface area contributed by atoms with Crippen molar-refractivity contribution in [2.24, 2.45) is 5.41 Å². The lowest BCUT2D eigenvalue weighted by Gasteiger charge is -2.23. The van der Waals surface area contributed by atoms with Gasteiger partial charge in [0.1, 0.15) is 0 Å². The van der Waals surface area contributed by atoms with Gasteiger partial charge in [-0.2, -0.15) is 0 Å². The van der Waals surface area contributed by atoms with Crippen molar-refractivity contribution in [3.05, 3.63) is 0 Å². The molecule has 3 amide bonds. The van der Waals surface area contributed by atoms with Crippen LogP contribution in [0.2, 0.25) is 0 Å². The van der Waals surface area contributed by atoms with E-state index in [4.69, 9.17) is 5.11 Å². The van der Waals surface area contributed by atoms with Gasteiger partial charge in [-0.25, -0.2) is 4.79 Å². The summed E-state index contributed by atoms with van der Waals surface area (Å²) >= 11 is 0. The fourth-order valence-corrected chi connectivity index (χ4v) is 1.18. The van der Waals surface area contributed by atoms with Crippen molar-refractivity contribution in [2.45, 2.75) is 33.6 Å². The highest BCUT2D eigenvalue weighted by Gasteiger charge is 2.31. The maximum absolute atomic E-state index is 11.4. The molecule has 7 heteroatoms. The van der Waals surface area contributed by atoms with Gasteiger partial charge in [-0.05, 0) is 19.8 Å². The van der Waals surface area contributed by atoms with Crippen LogP contribution in [0.25, 0.3) is 0 Å². The average molecular weight is 273 g/mol.